The van der Waals surface area contributed by atoms with Crippen LogP contribution >= 0.6 is 0 Å². The molecule has 1 fully saturated rings. The summed E-state index contributed by atoms with van der Waals surface area (Å²) in [6.45, 7) is 0.106. The SMILES string of the molecule is O=C(O)N1C[C@H]2CC=C(OS(=O)(=O)C(F)(F)F)[C@H]2C1. The number of alkyl halides is 3. The Bertz CT molecular complexity index is 526. The van der Waals surface area contributed by atoms with Gasteiger partial charge in [-0.2, -0.15) is 21.6 Å². The smallest absolute Gasteiger partial charge is 0.465 e. The van der Waals surface area contributed by atoms with Gasteiger partial charge in [0.1, 0.15) is 5.76 Å². The van der Waals surface area contributed by atoms with Crippen LogP contribution in [0.5, 0.6) is 0 Å². The predicted molar refractivity (Wildman–Crippen MR) is 55.3 cm³/mol. The Morgan fingerprint density at radius 1 is 1.42 bits per heavy atom. The Morgan fingerprint density at radius 3 is 2.58 bits per heavy atom. The van der Waals surface area contributed by atoms with Crippen LogP contribution in [0.1, 0.15) is 6.42 Å². The van der Waals surface area contributed by atoms with Crippen LogP contribution in [-0.2, 0) is 14.3 Å². The van der Waals surface area contributed by atoms with Crippen LogP contribution in [0.4, 0.5) is 18.0 Å². The molecular weight excluding hydrogens is 291 g/mol. The summed E-state index contributed by atoms with van der Waals surface area (Å²) in [6, 6.07) is 0. The zero-order chi connectivity index (χ0) is 14.4. The molecule has 10 heteroatoms. The molecule has 19 heavy (non-hydrogen) atoms. The Balaban J connectivity index is 2.11. The molecule has 1 heterocycles. The number of fused-ring (bicyclic) bond motifs is 1. The molecule has 0 spiro atoms. The normalized spacial score (nSPS) is 27.1. The van der Waals surface area contributed by atoms with Gasteiger partial charge in [0.15, 0.2) is 0 Å². The van der Waals surface area contributed by atoms with Gasteiger partial charge in [-0.25, -0.2) is 4.79 Å². The monoisotopic (exact) mass is 301 g/mol. The third-order valence-electron chi connectivity index (χ3n) is 3.19. The lowest BCUT2D eigenvalue weighted by atomic mass is 9.99. The standard InChI is InChI=1S/C9H10F3NO5S/c10-9(11,12)19(16,17)18-7-2-1-5-3-13(8(14)15)4-6(5)7/h2,5-6H,1,3-4H2,(H,14,15)/t5-,6+/m1/s1. The molecule has 0 unspecified atom stereocenters. The largest absolute Gasteiger partial charge is 0.534 e. The van der Waals surface area contributed by atoms with E-state index in [0.29, 0.717) is 6.42 Å². The first-order chi connectivity index (χ1) is 8.62. The minimum absolute atomic E-state index is 0.0563. The van der Waals surface area contributed by atoms with Gasteiger partial charge in [0.25, 0.3) is 0 Å². The second-order valence-electron chi connectivity index (χ2n) is 4.38. The van der Waals surface area contributed by atoms with Gasteiger partial charge in [0, 0.05) is 19.0 Å². The summed E-state index contributed by atoms with van der Waals surface area (Å²) in [7, 11) is -5.69. The number of likely N-dealkylation sites (tertiary alicyclic amines) is 1. The molecule has 1 saturated heterocycles. The molecule has 1 aliphatic carbocycles. The molecule has 0 aromatic carbocycles. The van der Waals surface area contributed by atoms with Crippen molar-refractivity contribution < 1.29 is 35.7 Å². The number of halogens is 3. The number of allylic oxidation sites excluding steroid dienone is 1. The van der Waals surface area contributed by atoms with Crippen LogP contribution in [0.15, 0.2) is 11.8 Å². The molecule has 0 aromatic heterocycles. The highest BCUT2D eigenvalue weighted by Crippen LogP contribution is 2.40. The summed E-state index contributed by atoms with van der Waals surface area (Å²) < 4.78 is 62.5. The Morgan fingerprint density at radius 2 is 2.05 bits per heavy atom. The molecule has 1 amide bonds. The molecule has 2 rings (SSSR count). The van der Waals surface area contributed by atoms with Crippen LogP contribution in [-0.4, -0.2) is 43.1 Å². The van der Waals surface area contributed by atoms with Crippen molar-refractivity contribution in [2.24, 2.45) is 11.8 Å². The molecule has 2 aliphatic rings. The fraction of sp³-hybridized carbons (Fsp3) is 0.667. The predicted octanol–water partition coefficient (Wildman–Crippen LogP) is 1.37. The molecule has 1 N–H and O–H groups in total. The van der Waals surface area contributed by atoms with E-state index < -0.39 is 27.6 Å². The number of carbonyl (C=O) groups is 1. The van der Waals surface area contributed by atoms with Crippen molar-refractivity contribution in [2.75, 3.05) is 13.1 Å². The number of amides is 1. The number of hydrogen-bond donors (Lipinski definition) is 1. The maximum absolute atomic E-state index is 12.2. The maximum Gasteiger partial charge on any atom is 0.534 e. The summed E-state index contributed by atoms with van der Waals surface area (Å²) in [6.07, 6.45) is 0.391. The van der Waals surface area contributed by atoms with Gasteiger partial charge in [0.2, 0.25) is 0 Å². The van der Waals surface area contributed by atoms with Crippen LogP contribution < -0.4 is 0 Å². The van der Waals surface area contributed by atoms with Gasteiger partial charge in [-0.1, -0.05) is 0 Å². The van der Waals surface area contributed by atoms with E-state index in [1.807, 2.05) is 0 Å². The lowest BCUT2D eigenvalue weighted by Crippen LogP contribution is -2.29. The van der Waals surface area contributed by atoms with Crippen LogP contribution in [0.25, 0.3) is 0 Å². The van der Waals surface area contributed by atoms with Crippen molar-refractivity contribution in [3.05, 3.63) is 11.8 Å². The van der Waals surface area contributed by atoms with Crippen molar-refractivity contribution in [1.82, 2.24) is 4.90 Å². The summed E-state index contributed by atoms with van der Waals surface area (Å²) in [5.41, 5.74) is -5.49. The minimum atomic E-state index is -5.69. The molecule has 0 aromatic rings. The molecular formula is C9H10F3NO5S. The quantitative estimate of drug-likeness (QED) is 0.615. The van der Waals surface area contributed by atoms with Gasteiger partial charge in [-0.15, -0.1) is 0 Å². The second kappa shape index (κ2) is 4.29. The lowest BCUT2D eigenvalue weighted by molar-refractivity contribution is -0.0526. The number of rotatable bonds is 2. The van der Waals surface area contributed by atoms with Gasteiger partial charge < -0.3 is 14.2 Å². The van der Waals surface area contributed by atoms with E-state index >= 15 is 0 Å². The number of hydrogen-bond acceptors (Lipinski definition) is 4. The zero-order valence-electron chi connectivity index (χ0n) is 9.42. The highest BCUT2D eigenvalue weighted by Gasteiger charge is 2.51. The van der Waals surface area contributed by atoms with Crippen LogP contribution in [0.2, 0.25) is 0 Å². The van der Waals surface area contributed by atoms with E-state index in [9.17, 15) is 26.4 Å². The summed E-state index contributed by atoms with van der Waals surface area (Å²) in [5, 5.41) is 8.78. The van der Waals surface area contributed by atoms with Crippen molar-refractivity contribution in [2.45, 2.75) is 11.9 Å². The zero-order valence-corrected chi connectivity index (χ0v) is 10.2. The fourth-order valence-corrected chi connectivity index (χ4v) is 2.82. The highest BCUT2D eigenvalue weighted by atomic mass is 32.2. The van der Waals surface area contributed by atoms with E-state index in [1.165, 1.54) is 6.08 Å². The van der Waals surface area contributed by atoms with Crippen molar-refractivity contribution in [3.63, 3.8) is 0 Å². The fourth-order valence-electron chi connectivity index (χ4n) is 2.28. The average molecular weight is 301 g/mol. The van der Waals surface area contributed by atoms with Crippen LogP contribution in [0, 0.1) is 11.8 Å². The second-order valence-corrected chi connectivity index (χ2v) is 5.92. The Hall–Kier alpha value is -1.45. The Labute approximate surface area is 106 Å². The van der Waals surface area contributed by atoms with Crippen LogP contribution in [0.3, 0.4) is 0 Å². The van der Waals surface area contributed by atoms with Crippen molar-refractivity contribution >= 4 is 16.2 Å². The minimum Gasteiger partial charge on any atom is -0.465 e. The van der Waals surface area contributed by atoms with Crippen molar-refractivity contribution in [1.29, 1.82) is 0 Å². The lowest BCUT2D eigenvalue weighted by Gasteiger charge is -2.16. The first-order valence-electron chi connectivity index (χ1n) is 5.30. The van der Waals surface area contributed by atoms with E-state index in [4.69, 9.17) is 5.11 Å². The van der Waals surface area contributed by atoms with Crippen molar-refractivity contribution in [3.8, 4) is 0 Å². The molecule has 0 saturated carbocycles. The first-order valence-corrected chi connectivity index (χ1v) is 6.71. The molecule has 0 radical (unpaired) electrons. The summed E-state index contributed by atoms with van der Waals surface area (Å²) >= 11 is 0. The van der Waals surface area contributed by atoms with E-state index in [1.54, 1.807) is 0 Å². The summed E-state index contributed by atoms with van der Waals surface area (Å²) in [5.74, 6) is -1.17. The highest BCUT2D eigenvalue weighted by molar-refractivity contribution is 7.87. The van der Waals surface area contributed by atoms with Gasteiger partial charge >= 0.3 is 21.7 Å². The van der Waals surface area contributed by atoms with E-state index in [2.05, 4.69) is 4.18 Å². The van der Waals surface area contributed by atoms with E-state index in [0.717, 1.165) is 4.90 Å². The first kappa shape index (κ1) is 14.0. The maximum atomic E-state index is 12.2. The van der Waals surface area contributed by atoms with Gasteiger partial charge in [-0.3, -0.25) is 0 Å². The topological polar surface area (TPSA) is 83.9 Å². The third kappa shape index (κ3) is 2.48. The van der Waals surface area contributed by atoms with Gasteiger partial charge in [-0.05, 0) is 18.4 Å². The molecule has 0 bridgehead atoms. The van der Waals surface area contributed by atoms with Gasteiger partial charge in [0.05, 0.1) is 0 Å². The number of carboxylic acid groups (broad SMARTS) is 1. The Kier molecular flexibility index (Phi) is 3.15. The summed E-state index contributed by atoms with van der Waals surface area (Å²) in [4.78, 5) is 11.8. The average Bonchev–Trinajstić information content (AvgIpc) is 2.78. The molecule has 6 nitrogen and oxygen atoms in total. The van der Waals surface area contributed by atoms with E-state index in [-0.39, 0.29) is 24.8 Å². The molecule has 108 valence electrons. The third-order valence-corrected chi connectivity index (χ3v) is 4.17. The molecule has 2 atom stereocenters. The molecule has 1 aliphatic heterocycles. The number of nitrogens with zero attached hydrogens (tertiary/aromatic N) is 1.